The molecule has 2 aromatic carbocycles. The number of nitrogens with zero attached hydrogens (tertiary/aromatic N) is 2. The number of carbonyl (C=O) groups is 4. The van der Waals surface area contributed by atoms with Gasteiger partial charge in [-0.1, -0.05) is 49.6 Å². The molecular formula is C41H53N5O8S. The number of hydrogen-bond donors (Lipinski definition) is 3. The molecule has 4 bridgehead atoms. The lowest BCUT2D eigenvalue weighted by Gasteiger charge is -2.33. The zero-order chi connectivity index (χ0) is 38.3. The SMILES string of the molecule is C=C[C@H]1C[C@]1(NC(=O)[C@@H]1C[C@@H]2CN1C(=O)[C@H](C1CCCC1)NC(=O)N1CC[C@@H](C1)OCCCCCc1cc3ccccc3cc1O2)C(=O)NS(=O)(=O)C1CC1. The van der Waals surface area contributed by atoms with Gasteiger partial charge in [-0.2, -0.15) is 0 Å². The molecule has 8 rings (SSSR count). The van der Waals surface area contributed by atoms with E-state index in [1.165, 1.54) is 4.90 Å². The van der Waals surface area contributed by atoms with E-state index in [1.54, 1.807) is 11.0 Å². The third kappa shape index (κ3) is 7.94. The second-order valence-corrected chi connectivity index (χ2v) is 18.4. The lowest BCUT2D eigenvalue weighted by molar-refractivity contribution is -0.142. The van der Waals surface area contributed by atoms with E-state index in [-0.39, 0.29) is 43.3 Å². The van der Waals surface area contributed by atoms with Gasteiger partial charge in [-0.25, -0.2) is 13.2 Å². The number of carbonyl (C=O) groups excluding carboxylic acids is 4. The van der Waals surface area contributed by atoms with Gasteiger partial charge in [0.2, 0.25) is 21.8 Å². The van der Waals surface area contributed by atoms with E-state index >= 15 is 0 Å². The second kappa shape index (κ2) is 15.4. The number of ether oxygens (including phenoxy) is 2. The maximum absolute atomic E-state index is 14.9. The molecule has 3 N–H and O–H groups in total. The average Bonchev–Trinajstić information content (AvgIpc) is 3.94. The van der Waals surface area contributed by atoms with Crippen molar-refractivity contribution < 1.29 is 37.1 Å². The van der Waals surface area contributed by atoms with Crippen molar-refractivity contribution in [2.24, 2.45) is 11.8 Å². The Bertz CT molecular complexity index is 1950. The Morgan fingerprint density at radius 3 is 2.44 bits per heavy atom. The molecule has 6 aliphatic rings. The van der Waals surface area contributed by atoms with Gasteiger partial charge in [0.15, 0.2) is 0 Å². The standard InChI is InChI=1S/C41H53N5O8S/c1-2-30-23-41(30,39(49)44-55(51,52)33-15-16-33)43-37(47)34-22-32-25-46(34)38(48)36(26-10-5-6-11-26)42-40(50)45-18-17-31(24-45)53-19-9-3-4-14-29-20-27-12-7-8-13-28(27)21-35(29)54-32/h2,7-8,12-13,20-21,26,30-34,36H,1,3-6,9-11,14-19,22-25H2,(H,42,50)(H,43,47)(H,44,49)/t30-,31-,32+,34-,36-,41+/m0/s1. The van der Waals surface area contributed by atoms with Crippen LogP contribution in [0, 0.1) is 11.8 Å². The van der Waals surface area contributed by atoms with Gasteiger partial charge < -0.3 is 29.9 Å². The molecule has 296 valence electrons. The molecule has 5 amide bonds. The highest BCUT2D eigenvalue weighted by Gasteiger charge is 2.62. The summed E-state index contributed by atoms with van der Waals surface area (Å²) in [6, 6.07) is 10.1. The first kappa shape index (κ1) is 37.7. The van der Waals surface area contributed by atoms with Crippen LogP contribution in [0.2, 0.25) is 0 Å². The number of nitrogens with one attached hydrogen (secondary N) is 3. The quantitative estimate of drug-likeness (QED) is 0.357. The van der Waals surface area contributed by atoms with Crippen LogP contribution in [0.3, 0.4) is 0 Å². The fourth-order valence-corrected chi connectivity index (χ4v) is 10.5. The van der Waals surface area contributed by atoms with Crippen molar-refractivity contribution in [3.63, 3.8) is 0 Å². The molecule has 0 spiro atoms. The Morgan fingerprint density at radius 1 is 0.945 bits per heavy atom. The van der Waals surface area contributed by atoms with Crippen LogP contribution in [0.4, 0.5) is 4.79 Å². The van der Waals surface area contributed by atoms with Gasteiger partial charge in [0, 0.05) is 32.0 Å². The van der Waals surface area contributed by atoms with E-state index < -0.39 is 56.7 Å². The molecule has 13 nitrogen and oxygen atoms in total. The Balaban J connectivity index is 1.11. The molecule has 3 heterocycles. The molecule has 2 saturated heterocycles. The van der Waals surface area contributed by atoms with Crippen molar-refractivity contribution in [3.8, 4) is 5.75 Å². The fraction of sp³-hybridized carbons (Fsp3) is 0.610. The zero-order valence-electron chi connectivity index (χ0n) is 31.4. The lowest BCUT2D eigenvalue weighted by atomic mass is 9.96. The number of benzene rings is 2. The topological polar surface area (TPSA) is 163 Å². The highest BCUT2D eigenvalue weighted by Crippen LogP contribution is 2.46. The summed E-state index contributed by atoms with van der Waals surface area (Å²) < 4.78 is 40.7. The molecule has 3 aliphatic heterocycles. The summed E-state index contributed by atoms with van der Waals surface area (Å²) in [7, 11) is -3.87. The van der Waals surface area contributed by atoms with Crippen molar-refractivity contribution >= 4 is 44.5 Å². The predicted octanol–water partition coefficient (Wildman–Crippen LogP) is 3.94. The minimum Gasteiger partial charge on any atom is -0.488 e. The van der Waals surface area contributed by atoms with Crippen LogP contribution >= 0.6 is 0 Å². The lowest BCUT2D eigenvalue weighted by Crippen LogP contribution is -2.59. The van der Waals surface area contributed by atoms with Gasteiger partial charge in [-0.05, 0) is 92.2 Å². The molecule has 2 aromatic rings. The van der Waals surface area contributed by atoms with Crippen molar-refractivity contribution in [3.05, 3.63) is 54.6 Å². The van der Waals surface area contributed by atoms with Crippen LogP contribution in [0.1, 0.15) is 82.6 Å². The predicted molar refractivity (Wildman–Crippen MR) is 206 cm³/mol. The Labute approximate surface area is 323 Å². The molecule has 5 fully saturated rings. The summed E-state index contributed by atoms with van der Waals surface area (Å²) in [5, 5.41) is 7.48. The first-order chi connectivity index (χ1) is 26.5. The maximum Gasteiger partial charge on any atom is 0.318 e. The van der Waals surface area contributed by atoms with E-state index in [4.69, 9.17) is 9.47 Å². The number of hydrogen-bond acceptors (Lipinski definition) is 8. The van der Waals surface area contributed by atoms with Crippen LogP contribution < -0.4 is 20.1 Å². The second-order valence-electron chi connectivity index (χ2n) is 16.5. The molecule has 0 unspecified atom stereocenters. The third-order valence-electron chi connectivity index (χ3n) is 12.6. The Morgan fingerprint density at radius 2 is 1.71 bits per heavy atom. The van der Waals surface area contributed by atoms with Gasteiger partial charge in [-0.15, -0.1) is 6.58 Å². The smallest absolute Gasteiger partial charge is 0.318 e. The largest absolute Gasteiger partial charge is 0.488 e. The Kier molecular flexibility index (Phi) is 10.6. The Hall–Kier alpha value is -4.17. The monoisotopic (exact) mass is 775 g/mol. The third-order valence-corrected chi connectivity index (χ3v) is 14.4. The van der Waals surface area contributed by atoms with Crippen molar-refractivity contribution in [1.29, 1.82) is 0 Å². The number of amides is 5. The maximum atomic E-state index is 14.9. The van der Waals surface area contributed by atoms with Crippen LogP contribution in [0.15, 0.2) is 49.1 Å². The zero-order valence-corrected chi connectivity index (χ0v) is 32.2. The summed E-state index contributed by atoms with van der Waals surface area (Å²) in [5.41, 5.74) is -0.455. The summed E-state index contributed by atoms with van der Waals surface area (Å²) in [4.78, 5) is 60.0. The van der Waals surface area contributed by atoms with Gasteiger partial charge in [0.25, 0.3) is 5.91 Å². The van der Waals surface area contributed by atoms with E-state index in [0.29, 0.717) is 38.3 Å². The summed E-state index contributed by atoms with van der Waals surface area (Å²) >= 11 is 0. The highest BCUT2D eigenvalue weighted by atomic mass is 32.2. The van der Waals surface area contributed by atoms with E-state index in [1.807, 2.05) is 24.3 Å². The van der Waals surface area contributed by atoms with Crippen molar-refractivity contribution in [1.82, 2.24) is 25.2 Å². The summed E-state index contributed by atoms with van der Waals surface area (Å²) in [6.07, 6.45) is 9.94. The minimum atomic E-state index is -3.87. The van der Waals surface area contributed by atoms with E-state index in [2.05, 4.69) is 34.1 Å². The van der Waals surface area contributed by atoms with Crippen molar-refractivity contribution in [2.75, 3.05) is 26.2 Å². The molecule has 55 heavy (non-hydrogen) atoms. The summed E-state index contributed by atoms with van der Waals surface area (Å²) in [6.45, 7) is 5.53. The normalized spacial score (nSPS) is 30.7. The first-order valence-corrected chi connectivity index (χ1v) is 21.8. The summed E-state index contributed by atoms with van der Waals surface area (Å²) in [5.74, 6) is -1.60. The van der Waals surface area contributed by atoms with Crippen LogP contribution in [0.25, 0.3) is 10.8 Å². The highest BCUT2D eigenvalue weighted by molar-refractivity contribution is 7.91. The van der Waals surface area contributed by atoms with Crippen LogP contribution in [-0.2, 0) is 35.6 Å². The number of aryl methyl sites for hydroxylation is 1. The molecule has 0 aromatic heterocycles. The van der Waals surface area contributed by atoms with Gasteiger partial charge in [0.05, 0.1) is 17.9 Å². The van der Waals surface area contributed by atoms with Gasteiger partial charge in [-0.3, -0.25) is 19.1 Å². The van der Waals surface area contributed by atoms with Gasteiger partial charge in [0.1, 0.15) is 29.5 Å². The van der Waals surface area contributed by atoms with Gasteiger partial charge >= 0.3 is 6.03 Å². The molecule has 3 aliphatic carbocycles. The number of urea groups is 1. The number of sulfonamides is 1. The first-order valence-electron chi connectivity index (χ1n) is 20.2. The van der Waals surface area contributed by atoms with E-state index in [0.717, 1.165) is 74.1 Å². The van der Waals surface area contributed by atoms with E-state index in [9.17, 15) is 27.6 Å². The number of rotatable bonds is 7. The fourth-order valence-electron chi connectivity index (χ4n) is 9.11. The van der Waals surface area contributed by atoms with Crippen LogP contribution in [0.5, 0.6) is 5.75 Å². The van der Waals surface area contributed by atoms with Crippen LogP contribution in [-0.4, -0.2) is 103 Å². The van der Waals surface area contributed by atoms with Crippen molar-refractivity contribution in [2.45, 2.75) is 119 Å². The molecule has 0 radical (unpaired) electrons. The average molecular weight is 776 g/mol. The number of fused-ring (bicyclic) bond motifs is 6. The molecular weight excluding hydrogens is 723 g/mol. The minimum absolute atomic E-state index is 0.0630. The molecule has 14 heteroatoms. The molecule has 3 saturated carbocycles. The molecule has 6 atom stereocenters.